The van der Waals surface area contributed by atoms with E-state index in [4.69, 9.17) is 4.42 Å². The monoisotopic (exact) mass is 354 g/mol. The van der Waals surface area contributed by atoms with Crippen LogP contribution in [0.1, 0.15) is 48.9 Å². The number of nitrogens with zero attached hydrogens (tertiary/aromatic N) is 3. The van der Waals surface area contributed by atoms with E-state index in [0.29, 0.717) is 12.2 Å². The number of hydrogen-bond donors (Lipinski definition) is 1. The Bertz CT molecular complexity index is 888. The maximum Gasteiger partial charge on any atom is 0.272 e. The van der Waals surface area contributed by atoms with Crippen LogP contribution in [-0.4, -0.2) is 40.8 Å². The second-order valence-electron chi connectivity index (χ2n) is 7.69. The Morgan fingerprint density at radius 3 is 2.65 bits per heavy atom. The Kier molecular flexibility index (Phi) is 4.87. The van der Waals surface area contributed by atoms with E-state index < -0.39 is 0 Å². The number of nitrogens with one attached hydrogen (secondary N) is 1. The van der Waals surface area contributed by atoms with E-state index in [-0.39, 0.29) is 17.4 Å². The fourth-order valence-corrected chi connectivity index (χ4v) is 3.03. The third-order valence-electron chi connectivity index (χ3n) is 4.39. The standard InChI is InChI=1S/C20H26N4O2/c1-20(2,3)19-22-17(14-9-6-7-11-24(14)19)18(25)21-13-15(23(4)5)16-10-8-12-26-16/h6-12,15H,13H2,1-5H3,(H,21,25). The average molecular weight is 354 g/mol. The van der Waals surface area contributed by atoms with Gasteiger partial charge in [-0.25, -0.2) is 4.98 Å². The number of aromatic nitrogens is 2. The number of rotatable bonds is 5. The highest BCUT2D eigenvalue weighted by Gasteiger charge is 2.26. The number of likely N-dealkylation sites (N-methyl/N-ethyl adjacent to an activating group) is 1. The molecule has 1 unspecified atom stereocenters. The van der Waals surface area contributed by atoms with E-state index in [1.165, 1.54) is 0 Å². The summed E-state index contributed by atoms with van der Waals surface area (Å²) in [6.45, 7) is 6.72. The second-order valence-corrected chi connectivity index (χ2v) is 7.69. The zero-order chi connectivity index (χ0) is 18.9. The topological polar surface area (TPSA) is 62.8 Å². The van der Waals surface area contributed by atoms with Crippen LogP contribution in [0.4, 0.5) is 0 Å². The van der Waals surface area contributed by atoms with Crippen LogP contribution in [0.15, 0.2) is 47.2 Å². The summed E-state index contributed by atoms with van der Waals surface area (Å²) in [5, 5.41) is 3.01. The van der Waals surface area contributed by atoms with E-state index in [9.17, 15) is 4.79 Å². The Hall–Kier alpha value is -2.60. The van der Waals surface area contributed by atoms with Crippen molar-refractivity contribution in [1.29, 1.82) is 0 Å². The smallest absolute Gasteiger partial charge is 0.272 e. The Balaban J connectivity index is 1.86. The van der Waals surface area contributed by atoms with E-state index in [1.807, 2.05) is 59.9 Å². The Labute approximate surface area is 153 Å². The van der Waals surface area contributed by atoms with Crippen LogP contribution in [0.3, 0.4) is 0 Å². The van der Waals surface area contributed by atoms with Gasteiger partial charge in [-0.05, 0) is 38.4 Å². The first-order valence-corrected chi connectivity index (χ1v) is 8.74. The lowest BCUT2D eigenvalue weighted by Gasteiger charge is -2.22. The molecule has 1 atom stereocenters. The molecule has 0 aliphatic carbocycles. The number of carbonyl (C=O) groups is 1. The van der Waals surface area contributed by atoms with E-state index >= 15 is 0 Å². The maximum atomic E-state index is 12.9. The van der Waals surface area contributed by atoms with Gasteiger partial charge in [-0.3, -0.25) is 9.69 Å². The summed E-state index contributed by atoms with van der Waals surface area (Å²) in [5.74, 6) is 1.51. The van der Waals surface area contributed by atoms with E-state index in [2.05, 4.69) is 31.1 Å². The number of carbonyl (C=O) groups excluding carboxylic acids is 1. The van der Waals surface area contributed by atoms with Gasteiger partial charge in [0, 0.05) is 18.2 Å². The lowest BCUT2D eigenvalue weighted by molar-refractivity contribution is 0.0936. The van der Waals surface area contributed by atoms with Crippen molar-refractivity contribution < 1.29 is 9.21 Å². The maximum absolute atomic E-state index is 12.9. The summed E-state index contributed by atoms with van der Waals surface area (Å²) < 4.78 is 7.49. The Morgan fingerprint density at radius 2 is 2.04 bits per heavy atom. The largest absolute Gasteiger partial charge is 0.468 e. The molecule has 0 saturated heterocycles. The van der Waals surface area contributed by atoms with Gasteiger partial charge in [0.15, 0.2) is 5.69 Å². The van der Waals surface area contributed by atoms with Crippen LogP contribution in [-0.2, 0) is 5.41 Å². The molecule has 3 heterocycles. The molecule has 6 nitrogen and oxygen atoms in total. The lowest BCUT2D eigenvalue weighted by atomic mass is 9.96. The molecule has 1 N–H and O–H groups in total. The zero-order valence-electron chi connectivity index (χ0n) is 16.0. The molecule has 0 radical (unpaired) electrons. The molecule has 0 fully saturated rings. The molecule has 0 bridgehead atoms. The second kappa shape index (κ2) is 6.96. The van der Waals surface area contributed by atoms with Gasteiger partial charge < -0.3 is 14.1 Å². The normalized spacial score (nSPS) is 13.3. The SMILES string of the molecule is CN(C)C(CNC(=O)c1nc(C(C)(C)C)n2ccccc12)c1ccco1. The zero-order valence-corrected chi connectivity index (χ0v) is 16.0. The summed E-state index contributed by atoms with van der Waals surface area (Å²) in [5.41, 5.74) is 1.10. The molecule has 3 aromatic rings. The van der Waals surface area contributed by atoms with Crippen LogP contribution in [0.2, 0.25) is 0 Å². The third-order valence-corrected chi connectivity index (χ3v) is 4.39. The lowest BCUT2D eigenvalue weighted by Crippen LogP contribution is -2.34. The van der Waals surface area contributed by atoms with E-state index in [1.54, 1.807) is 6.26 Å². The van der Waals surface area contributed by atoms with Crippen molar-refractivity contribution in [3.63, 3.8) is 0 Å². The first-order chi connectivity index (χ1) is 12.3. The molecule has 26 heavy (non-hydrogen) atoms. The molecule has 0 aliphatic rings. The first-order valence-electron chi connectivity index (χ1n) is 8.74. The minimum absolute atomic E-state index is 0.0371. The van der Waals surface area contributed by atoms with Gasteiger partial charge in [-0.15, -0.1) is 0 Å². The molecule has 0 aromatic carbocycles. The van der Waals surface area contributed by atoms with Crippen molar-refractivity contribution >= 4 is 11.4 Å². The van der Waals surface area contributed by atoms with Gasteiger partial charge in [0.25, 0.3) is 5.91 Å². The predicted molar refractivity (Wildman–Crippen MR) is 101 cm³/mol. The molecule has 0 aliphatic heterocycles. The molecule has 0 saturated carbocycles. The van der Waals surface area contributed by atoms with Crippen molar-refractivity contribution in [2.75, 3.05) is 20.6 Å². The quantitative estimate of drug-likeness (QED) is 0.764. The average Bonchev–Trinajstić information content (AvgIpc) is 3.21. The van der Waals surface area contributed by atoms with Crippen LogP contribution in [0, 0.1) is 0 Å². The van der Waals surface area contributed by atoms with Crippen molar-refractivity contribution in [3.05, 3.63) is 60.1 Å². The molecule has 0 spiro atoms. The van der Waals surface area contributed by atoms with Crippen LogP contribution < -0.4 is 5.32 Å². The molecule has 3 aromatic heterocycles. The van der Waals surface area contributed by atoms with Crippen molar-refractivity contribution in [2.45, 2.75) is 32.2 Å². The van der Waals surface area contributed by atoms with Gasteiger partial charge in [0.05, 0.1) is 17.8 Å². The summed E-state index contributed by atoms with van der Waals surface area (Å²) in [6, 6.07) is 9.53. The predicted octanol–water partition coefficient (Wildman–Crippen LogP) is 3.26. The van der Waals surface area contributed by atoms with Gasteiger partial charge >= 0.3 is 0 Å². The minimum atomic E-state index is -0.178. The number of imidazole rings is 1. The van der Waals surface area contributed by atoms with Gasteiger partial charge in [-0.2, -0.15) is 0 Å². The van der Waals surface area contributed by atoms with Crippen molar-refractivity contribution in [2.24, 2.45) is 0 Å². The van der Waals surface area contributed by atoms with Crippen LogP contribution in [0.5, 0.6) is 0 Å². The van der Waals surface area contributed by atoms with E-state index in [0.717, 1.165) is 17.1 Å². The third kappa shape index (κ3) is 3.51. The highest BCUT2D eigenvalue weighted by atomic mass is 16.3. The molecular formula is C20H26N4O2. The fraction of sp³-hybridized carbons (Fsp3) is 0.400. The van der Waals surface area contributed by atoms with Gasteiger partial charge in [0.2, 0.25) is 0 Å². The molecule has 6 heteroatoms. The number of hydrogen-bond acceptors (Lipinski definition) is 4. The molecule has 1 amide bonds. The molecular weight excluding hydrogens is 328 g/mol. The summed E-state index contributed by atoms with van der Waals surface area (Å²) in [6.07, 6.45) is 3.59. The summed E-state index contributed by atoms with van der Waals surface area (Å²) >= 11 is 0. The number of furan rings is 1. The van der Waals surface area contributed by atoms with Crippen molar-refractivity contribution in [1.82, 2.24) is 19.6 Å². The number of pyridine rings is 1. The van der Waals surface area contributed by atoms with Crippen molar-refractivity contribution in [3.8, 4) is 0 Å². The summed E-state index contributed by atoms with van der Waals surface area (Å²) in [4.78, 5) is 19.5. The Morgan fingerprint density at radius 1 is 1.27 bits per heavy atom. The minimum Gasteiger partial charge on any atom is -0.468 e. The highest BCUT2D eigenvalue weighted by Crippen LogP contribution is 2.25. The van der Waals surface area contributed by atoms with Gasteiger partial charge in [-0.1, -0.05) is 26.8 Å². The fourth-order valence-electron chi connectivity index (χ4n) is 3.03. The first kappa shape index (κ1) is 18.2. The van der Waals surface area contributed by atoms with Crippen LogP contribution in [0.25, 0.3) is 5.52 Å². The number of fused-ring (bicyclic) bond motifs is 1. The molecule has 138 valence electrons. The summed E-state index contributed by atoms with van der Waals surface area (Å²) in [7, 11) is 3.92. The highest BCUT2D eigenvalue weighted by molar-refractivity contribution is 5.99. The van der Waals surface area contributed by atoms with Gasteiger partial charge in [0.1, 0.15) is 11.6 Å². The van der Waals surface area contributed by atoms with Crippen LogP contribution >= 0.6 is 0 Å². The molecule has 3 rings (SSSR count). The number of amides is 1.